The van der Waals surface area contributed by atoms with Gasteiger partial charge in [0.1, 0.15) is 0 Å². The lowest BCUT2D eigenvalue weighted by atomic mass is 10.0. The third-order valence-corrected chi connectivity index (χ3v) is 4.87. The van der Waals surface area contributed by atoms with E-state index in [2.05, 4.69) is 35.5 Å². The monoisotopic (exact) mass is 484 g/mol. The van der Waals surface area contributed by atoms with Crippen LogP contribution in [0, 0.1) is 11.3 Å². The fourth-order valence-corrected chi connectivity index (χ4v) is 3.01. The van der Waals surface area contributed by atoms with Crippen molar-refractivity contribution in [3.8, 4) is 6.07 Å². The van der Waals surface area contributed by atoms with E-state index in [1.807, 2.05) is 42.5 Å². The molecule has 3 rings (SSSR count). The Morgan fingerprint density at radius 3 is 2.09 bits per heavy atom. The molecule has 3 aromatic rings. The number of halogens is 3. The number of carboxylic acid groups (broad SMARTS) is 1. The molecule has 0 aliphatic carbocycles. The maximum atomic E-state index is 12.2. The molecule has 1 heterocycles. The molecular weight excluding hydrogens is 461 g/mol. The summed E-state index contributed by atoms with van der Waals surface area (Å²) in [6.45, 7) is 4.17. The molecular formula is C25H23F3N4O3. The minimum Gasteiger partial charge on any atom is -0.475 e. The van der Waals surface area contributed by atoms with E-state index >= 15 is 0 Å². The van der Waals surface area contributed by atoms with Gasteiger partial charge in [-0.2, -0.15) is 18.4 Å². The van der Waals surface area contributed by atoms with Crippen LogP contribution in [0.1, 0.15) is 53.0 Å². The van der Waals surface area contributed by atoms with Gasteiger partial charge in [-0.05, 0) is 61.4 Å². The summed E-state index contributed by atoms with van der Waals surface area (Å²) in [6, 6.07) is 21.2. The third kappa shape index (κ3) is 8.57. The van der Waals surface area contributed by atoms with Gasteiger partial charge in [-0.25, -0.2) is 4.79 Å². The predicted octanol–water partition coefficient (Wildman–Crippen LogP) is 5.25. The number of aromatic nitrogens is 1. The van der Waals surface area contributed by atoms with Crippen LogP contribution in [0.25, 0.3) is 0 Å². The number of carbonyl (C=O) groups is 2. The number of benzene rings is 2. The van der Waals surface area contributed by atoms with Gasteiger partial charge in [0, 0.05) is 35.7 Å². The number of nitrogens with zero attached hydrogens (tertiary/aromatic N) is 2. The molecule has 1 aromatic heterocycles. The molecule has 0 radical (unpaired) electrons. The standard InChI is InChI=1S/C23H22N4O.C2HF3O2/c1-16(26-17(2)21-5-3-4-18(14-21)15-24)19-6-8-22(9-7-19)27-23(28)20-10-12-25-13-11-20;3-2(4,5)1(6)7/h3-14,16-17,26H,1-2H3,(H,27,28);(H,6,7). The van der Waals surface area contributed by atoms with Gasteiger partial charge >= 0.3 is 12.1 Å². The van der Waals surface area contributed by atoms with Crippen molar-refractivity contribution < 1.29 is 27.9 Å². The Morgan fingerprint density at radius 2 is 1.54 bits per heavy atom. The number of hydrogen-bond acceptors (Lipinski definition) is 5. The summed E-state index contributed by atoms with van der Waals surface area (Å²) in [5.74, 6) is -2.92. The van der Waals surface area contributed by atoms with E-state index in [0.717, 1.165) is 16.8 Å². The average molecular weight is 484 g/mol. The van der Waals surface area contributed by atoms with Crippen LogP contribution in [0.2, 0.25) is 0 Å². The lowest BCUT2D eigenvalue weighted by Crippen LogP contribution is -2.22. The highest BCUT2D eigenvalue weighted by Gasteiger charge is 2.38. The number of hydrogen-bond donors (Lipinski definition) is 3. The molecule has 1 amide bonds. The summed E-state index contributed by atoms with van der Waals surface area (Å²) in [5.41, 5.74) is 4.17. The summed E-state index contributed by atoms with van der Waals surface area (Å²) < 4.78 is 31.7. The first-order chi connectivity index (χ1) is 16.5. The van der Waals surface area contributed by atoms with Crippen LogP contribution < -0.4 is 10.6 Å². The molecule has 0 saturated carbocycles. The Labute approximate surface area is 200 Å². The van der Waals surface area contributed by atoms with Crippen LogP contribution in [0.5, 0.6) is 0 Å². The largest absolute Gasteiger partial charge is 0.490 e. The molecule has 35 heavy (non-hydrogen) atoms. The van der Waals surface area contributed by atoms with Crippen LogP contribution in [0.15, 0.2) is 73.1 Å². The van der Waals surface area contributed by atoms with Gasteiger partial charge in [0.05, 0.1) is 11.6 Å². The number of carboxylic acids is 1. The number of aliphatic carboxylic acids is 1. The van der Waals surface area contributed by atoms with Crippen molar-refractivity contribution in [2.75, 3.05) is 5.32 Å². The zero-order chi connectivity index (χ0) is 26.0. The van der Waals surface area contributed by atoms with Crippen LogP contribution in [0.3, 0.4) is 0 Å². The molecule has 0 saturated heterocycles. The minimum atomic E-state index is -5.08. The second-order valence-corrected chi connectivity index (χ2v) is 7.46. The van der Waals surface area contributed by atoms with Crippen LogP contribution >= 0.6 is 0 Å². The first kappa shape index (κ1) is 27.0. The summed E-state index contributed by atoms with van der Waals surface area (Å²) in [7, 11) is 0. The van der Waals surface area contributed by atoms with Gasteiger partial charge in [0.2, 0.25) is 0 Å². The molecule has 0 aliphatic rings. The predicted molar refractivity (Wildman–Crippen MR) is 123 cm³/mol. The number of anilines is 1. The number of nitriles is 1. The zero-order valence-corrected chi connectivity index (χ0v) is 18.9. The summed E-state index contributed by atoms with van der Waals surface area (Å²) in [4.78, 5) is 25.0. The van der Waals surface area contributed by atoms with Crippen LogP contribution in [0.4, 0.5) is 18.9 Å². The number of amides is 1. The highest BCUT2D eigenvalue weighted by atomic mass is 19.4. The van der Waals surface area contributed by atoms with Crippen molar-refractivity contribution in [1.29, 1.82) is 5.26 Å². The Bertz CT molecular complexity index is 1180. The van der Waals surface area contributed by atoms with Crippen molar-refractivity contribution in [3.63, 3.8) is 0 Å². The summed E-state index contributed by atoms with van der Waals surface area (Å²) in [6.07, 6.45) is -1.89. The van der Waals surface area contributed by atoms with E-state index in [4.69, 9.17) is 15.2 Å². The molecule has 3 N–H and O–H groups in total. The second kappa shape index (κ2) is 12.3. The van der Waals surface area contributed by atoms with Gasteiger partial charge in [-0.15, -0.1) is 0 Å². The number of rotatable bonds is 6. The van der Waals surface area contributed by atoms with Gasteiger partial charge in [-0.3, -0.25) is 9.78 Å². The van der Waals surface area contributed by atoms with Gasteiger partial charge in [0.15, 0.2) is 0 Å². The van der Waals surface area contributed by atoms with E-state index in [1.54, 1.807) is 30.6 Å². The van der Waals surface area contributed by atoms with Gasteiger partial charge < -0.3 is 15.7 Å². The number of carbonyl (C=O) groups excluding carboxylic acids is 1. The Hall–Kier alpha value is -4.23. The zero-order valence-electron chi connectivity index (χ0n) is 18.9. The molecule has 0 spiro atoms. The SMILES string of the molecule is CC(NC(C)c1cccc(C#N)c1)c1ccc(NC(=O)c2ccncc2)cc1.O=C(O)C(F)(F)F. The number of pyridine rings is 1. The number of nitrogens with one attached hydrogen (secondary N) is 2. The van der Waals surface area contributed by atoms with E-state index in [0.29, 0.717) is 11.1 Å². The van der Waals surface area contributed by atoms with Crippen molar-refractivity contribution in [1.82, 2.24) is 10.3 Å². The van der Waals surface area contributed by atoms with E-state index in [1.165, 1.54) is 0 Å². The van der Waals surface area contributed by atoms with Crippen molar-refractivity contribution in [2.24, 2.45) is 0 Å². The molecule has 7 nitrogen and oxygen atoms in total. The molecule has 2 atom stereocenters. The maximum absolute atomic E-state index is 12.2. The molecule has 0 fully saturated rings. The Balaban J connectivity index is 0.000000540. The van der Waals surface area contributed by atoms with Crippen molar-refractivity contribution in [2.45, 2.75) is 32.1 Å². The summed E-state index contributed by atoms with van der Waals surface area (Å²) in [5, 5.41) is 22.6. The molecule has 0 bridgehead atoms. The minimum absolute atomic E-state index is 0.106. The van der Waals surface area contributed by atoms with Crippen molar-refractivity contribution in [3.05, 3.63) is 95.3 Å². The van der Waals surface area contributed by atoms with E-state index < -0.39 is 12.1 Å². The highest BCUT2D eigenvalue weighted by molar-refractivity contribution is 6.04. The van der Waals surface area contributed by atoms with Crippen molar-refractivity contribution >= 4 is 17.6 Å². The van der Waals surface area contributed by atoms with Crippen LogP contribution in [-0.4, -0.2) is 28.1 Å². The van der Waals surface area contributed by atoms with Crippen LogP contribution in [-0.2, 0) is 4.79 Å². The summed E-state index contributed by atoms with van der Waals surface area (Å²) >= 11 is 0. The Morgan fingerprint density at radius 1 is 0.971 bits per heavy atom. The fourth-order valence-electron chi connectivity index (χ4n) is 3.01. The molecule has 0 aliphatic heterocycles. The lowest BCUT2D eigenvalue weighted by Gasteiger charge is -2.21. The Kier molecular flexibility index (Phi) is 9.49. The first-order valence-corrected chi connectivity index (χ1v) is 10.4. The third-order valence-electron chi connectivity index (χ3n) is 4.87. The lowest BCUT2D eigenvalue weighted by molar-refractivity contribution is -0.192. The highest BCUT2D eigenvalue weighted by Crippen LogP contribution is 2.22. The molecule has 2 unspecified atom stereocenters. The smallest absolute Gasteiger partial charge is 0.475 e. The van der Waals surface area contributed by atoms with E-state index in [9.17, 15) is 18.0 Å². The van der Waals surface area contributed by atoms with Gasteiger partial charge in [-0.1, -0.05) is 24.3 Å². The quantitative estimate of drug-likeness (QED) is 0.440. The molecule has 2 aromatic carbocycles. The average Bonchev–Trinajstić information content (AvgIpc) is 2.84. The first-order valence-electron chi connectivity index (χ1n) is 10.4. The topological polar surface area (TPSA) is 115 Å². The molecule has 10 heteroatoms. The normalized spacial score (nSPS) is 12.3. The fraction of sp³-hybridized carbons (Fsp3) is 0.200. The van der Waals surface area contributed by atoms with E-state index in [-0.39, 0.29) is 18.0 Å². The second-order valence-electron chi connectivity index (χ2n) is 7.46. The number of alkyl halides is 3. The maximum Gasteiger partial charge on any atom is 0.490 e. The van der Waals surface area contributed by atoms with Gasteiger partial charge in [0.25, 0.3) is 5.91 Å². The molecule has 182 valence electrons.